The van der Waals surface area contributed by atoms with E-state index in [9.17, 15) is 4.39 Å². The van der Waals surface area contributed by atoms with Gasteiger partial charge in [-0.1, -0.05) is 18.2 Å². The van der Waals surface area contributed by atoms with Gasteiger partial charge in [0.1, 0.15) is 11.6 Å². The molecule has 8 heteroatoms. The maximum absolute atomic E-state index is 13.4. The fraction of sp³-hybridized carbons (Fsp3) is 0.208. The third kappa shape index (κ3) is 5.03. The molecule has 0 atom stereocenters. The van der Waals surface area contributed by atoms with Crippen LogP contribution in [0.1, 0.15) is 11.1 Å². The molecule has 0 spiro atoms. The van der Waals surface area contributed by atoms with Crippen molar-refractivity contribution in [3.05, 3.63) is 77.7 Å². The molecule has 2 aromatic heterocycles. The Bertz CT molecular complexity index is 1220. The van der Waals surface area contributed by atoms with Gasteiger partial charge in [-0.25, -0.2) is 9.37 Å². The summed E-state index contributed by atoms with van der Waals surface area (Å²) >= 11 is 0. The molecule has 0 aliphatic heterocycles. The second-order valence-corrected chi connectivity index (χ2v) is 7.12. The van der Waals surface area contributed by atoms with Crippen LogP contribution < -0.4 is 20.1 Å². The smallest absolute Gasteiger partial charge is 0.226 e. The minimum Gasteiger partial charge on any atom is -0.493 e. The molecule has 0 saturated carbocycles. The fourth-order valence-electron chi connectivity index (χ4n) is 3.36. The molecule has 2 heterocycles. The normalized spacial score (nSPS) is 10.7. The van der Waals surface area contributed by atoms with Crippen molar-refractivity contribution in [1.82, 2.24) is 15.0 Å². The number of benzene rings is 2. The third-order valence-electron chi connectivity index (χ3n) is 4.97. The number of nitrogens with one attached hydrogen (secondary N) is 2. The first-order valence-electron chi connectivity index (χ1n) is 10.2. The van der Waals surface area contributed by atoms with E-state index >= 15 is 0 Å². The molecule has 0 fully saturated rings. The van der Waals surface area contributed by atoms with Crippen LogP contribution in [0.25, 0.3) is 11.0 Å². The van der Waals surface area contributed by atoms with Crippen molar-refractivity contribution in [3.8, 4) is 11.5 Å². The zero-order chi connectivity index (χ0) is 22.3. The number of fused-ring (bicyclic) bond motifs is 1. The molecular weight excluding hydrogens is 409 g/mol. The van der Waals surface area contributed by atoms with Gasteiger partial charge in [-0.15, -0.1) is 0 Å². The highest BCUT2D eigenvalue weighted by molar-refractivity contribution is 5.87. The van der Waals surface area contributed by atoms with Crippen LogP contribution >= 0.6 is 0 Å². The number of hydrogen-bond donors (Lipinski definition) is 2. The van der Waals surface area contributed by atoms with E-state index in [1.807, 2.05) is 36.4 Å². The molecule has 0 unspecified atom stereocenters. The second kappa shape index (κ2) is 9.91. The van der Waals surface area contributed by atoms with Crippen LogP contribution in [0, 0.1) is 5.82 Å². The van der Waals surface area contributed by atoms with Crippen LogP contribution in [0.2, 0.25) is 0 Å². The first-order chi connectivity index (χ1) is 15.7. The lowest BCUT2D eigenvalue weighted by Crippen LogP contribution is -2.11. The number of aromatic nitrogens is 3. The number of rotatable bonds is 9. The van der Waals surface area contributed by atoms with Gasteiger partial charge >= 0.3 is 0 Å². The monoisotopic (exact) mass is 433 g/mol. The number of ether oxygens (including phenoxy) is 2. The van der Waals surface area contributed by atoms with Gasteiger partial charge in [-0.3, -0.25) is 0 Å². The average Bonchev–Trinajstić information content (AvgIpc) is 2.82. The van der Waals surface area contributed by atoms with E-state index in [2.05, 4.69) is 25.6 Å². The number of anilines is 2. The summed E-state index contributed by atoms with van der Waals surface area (Å²) in [5.41, 5.74) is 2.51. The maximum atomic E-state index is 13.4. The molecule has 0 radical (unpaired) electrons. The van der Waals surface area contributed by atoms with Crippen molar-refractivity contribution in [1.29, 1.82) is 0 Å². The van der Waals surface area contributed by atoms with E-state index in [-0.39, 0.29) is 5.82 Å². The molecule has 2 N–H and O–H groups in total. The Morgan fingerprint density at radius 1 is 0.875 bits per heavy atom. The van der Waals surface area contributed by atoms with Crippen molar-refractivity contribution in [2.75, 3.05) is 31.4 Å². The van der Waals surface area contributed by atoms with Crippen molar-refractivity contribution in [2.45, 2.75) is 13.0 Å². The molecule has 0 bridgehead atoms. The summed E-state index contributed by atoms with van der Waals surface area (Å²) in [6.45, 7) is 1.10. The number of nitrogens with zero attached hydrogens (tertiary/aromatic N) is 3. The van der Waals surface area contributed by atoms with Gasteiger partial charge in [0.05, 0.1) is 19.6 Å². The topological polar surface area (TPSA) is 81.2 Å². The number of methoxy groups -OCH3 is 2. The summed E-state index contributed by atoms with van der Waals surface area (Å²) in [6.07, 6.45) is 2.35. The Hall–Kier alpha value is -3.94. The Balaban J connectivity index is 1.50. The average molecular weight is 433 g/mol. The molecule has 2 aromatic carbocycles. The Labute approximate surface area is 185 Å². The quantitative estimate of drug-likeness (QED) is 0.404. The van der Waals surface area contributed by atoms with E-state index in [0.717, 1.165) is 16.5 Å². The highest BCUT2D eigenvalue weighted by Gasteiger charge is 2.10. The molecule has 4 aromatic rings. The largest absolute Gasteiger partial charge is 0.493 e. The lowest BCUT2D eigenvalue weighted by molar-refractivity contribution is 0.354. The van der Waals surface area contributed by atoms with Gasteiger partial charge in [-0.2, -0.15) is 9.97 Å². The van der Waals surface area contributed by atoms with Crippen molar-refractivity contribution in [3.63, 3.8) is 0 Å². The second-order valence-electron chi connectivity index (χ2n) is 7.12. The lowest BCUT2D eigenvalue weighted by Gasteiger charge is -2.13. The summed E-state index contributed by atoms with van der Waals surface area (Å²) in [6, 6.07) is 16.1. The van der Waals surface area contributed by atoms with Crippen molar-refractivity contribution in [2.24, 2.45) is 0 Å². The Kier molecular flexibility index (Phi) is 6.60. The fourth-order valence-corrected chi connectivity index (χ4v) is 3.36. The molecule has 0 aliphatic carbocycles. The summed E-state index contributed by atoms with van der Waals surface area (Å²) in [4.78, 5) is 13.5. The van der Waals surface area contributed by atoms with E-state index in [1.54, 1.807) is 26.5 Å². The minimum atomic E-state index is -0.240. The standard InChI is InChI=1S/C24H24FN5O2/c1-31-20-9-8-17(14-21(20)32-2)15-28-23-19-7-4-11-26-22(19)29-24(30-23)27-12-10-16-5-3-6-18(25)13-16/h3-9,11,13-14H,10,12,15H2,1-2H3,(H2,26,27,28,29,30). The molecule has 32 heavy (non-hydrogen) atoms. The van der Waals surface area contributed by atoms with E-state index < -0.39 is 0 Å². The Morgan fingerprint density at radius 2 is 1.75 bits per heavy atom. The molecule has 7 nitrogen and oxygen atoms in total. The molecular formula is C24H24FN5O2. The lowest BCUT2D eigenvalue weighted by atomic mass is 10.1. The molecule has 0 aliphatic rings. The van der Waals surface area contributed by atoms with Gasteiger partial charge in [0.25, 0.3) is 0 Å². The van der Waals surface area contributed by atoms with Crippen LogP contribution in [-0.4, -0.2) is 35.7 Å². The molecule has 0 saturated heterocycles. The Morgan fingerprint density at radius 3 is 2.56 bits per heavy atom. The summed E-state index contributed by atoms with van der Waals surface area (Å²) in [7, 11) is 3.22. The first kappa shape index (κ1) is 21.3. The predicted molar refractivity (Wildman–Crippen MR) is 123 cm³/mol. The van der Waals surface area contributed by atoms with E-state index in [1.165, 1.54) is 12.1 Å². The van der Waals surface area contributed by atoms with Crippen molar-refractivity contribution >= 4 is 22.8 Å². The first-order valence-corrected chi connectivity index (χ1v) is 10.2. The SMILES string of the molecule is COc1ccc(CNc2nc(NCCc3cccc(F)c3)nc3ncccc23)cc1OC. The van der Waals surface area contributed by atoms with Gasteiger partial charge in [-0.05, 0) is 53.9 Å². The minimum absolute atomic E-state index is 0.240. The van der Waals surface area contributed by atoms with E-state index in [4.69, 9.17) is 9.47 Å². The maximum Gasteiger partial charge on any atom is 0.226 e. The van der Waals surface area contributed by atoms with Crippen LogP contribution in [0.3, 0.4) is 0 Å². The van der Waals surface area contributed by atoms with Gasteiger partial charge in [0, 0.05) is 19.3 Å². The highest BCUT2D eigenvalue weighted by Crippen LogP contribution is 2.28. The zero-order valence-electron chi connectivity index (χ0n) is 17.9. The van der Waals surface area contributed by atoms with Crippen LogP contribution in [0.5, 0.6) is 11.5 Å². The number of halogens is 1. The summed E-state index contributed by atoms with van der Waals surface area (Å²) in [5, 5.41) is 7.41. The van der Waals surface area contributed by atoms with Crippen LogP contribution in [0.4, 0.5) is 16.2 Å². The molecule has 164 valence electrons. The van der Waals surface area contributed by atoms with Gasteiger partial charge in [0.2, 0.25) is 5.95 Å². The molecule has 0 amide bonds. The predicted octanol–water partition coefficient (Wildman–Crippen LogP) is 4.45. The van der Waals surface area contributed by atoms with Gasteiger partial charge in [0.15, 0.2) is 17.1 Å². The third-order valence-corrected chi connectivity index (χ3v) is 4.97. The summed E-state index contributed by atoms with van der Waals surface area (Å²) < 4.78 is 24.1. The van der Waals surface area contributed by atoms with Crippen molar-refractivity contribution < 1.29 is 13.9 Å². The summed E-state index contributed by atoms with van der Waals surface area (Å²) in [5.74, 6) is 2.24. The number of pyridine rings is 1. The van der Waals surface area contributed by atoms with Gasteiger partial charge < -0.3 is 20.1 Å². The molecule has 4 rings (SSSR count). The van der Waals surface area contributed by atoms with Crippen LogP contribution in [0.15, 0.2) is 60.8 Å². The number of hydrogen-bond acceptors (Lipinski definition) is 7. The van der Waals surface area contributed by atoms with E-state index in [0.29, 0.717) is 48.4 Å². The zero-order valence-corrected chi connectivity index (χ0v) is 17.9. The van der Waals surface area contributed by atoms with Crippen LogP contribution in [-0.2, 0) is 13.0 Å². The highest BCUT2D eigenvalue weighted by atomic mass is 19.1.